The predicted octanol–water partition coefficient (Wildman–Crippen LogP) is 3.73. The maximum atomic E-state index is 12.5. The fourth-order valence-corrected chi connectivity index (χ4v) is 2.49. The van der Waals surface area contributed by atoms with Crippen molar-refractivity contribution in [3.63, 3.8) is 0 Å². The Kier molecular flexibility index (Phi) is 5.52. The van der Waals surface area contributed by atoms with Gasteiger partial charge in [-0.15, -0.1) is 0 Å². The topological polar surface area (TPSA) is 81.5 Å². The Morgan fingerprint density at radius 3 is 2.38 bits per heavy atom. The molecule has 1 amide bonds. The zero-order valence-corrected chi connectivity index (χ0v) is 13.9. The molecular formula is C18H20N2O4. The molecule has 0 fully saturated rings. The second-order valence-corrected chi connectivity index (χ2v) is 5.75. The van der Waals surface area contributed by atoms with E-state index in [0.717, 1.165) is 5.56 Å². The van der Waals surface area contributed by atoms with Gasteiger partial charge in [-0.2, -0.15) is 0 Å². The summed E-state index contributed by atoms with van der Waals surface area (Å²) >= 11 is 0. The molecule has 0 saturated carbocycles. The lowest BCUT2D eigenvalue weighted by Crippen LogP contribution is -2.31. The highest BCUT2D eigenvalue weighted by atomic mass is 16.6. The van der Waals surface area contributed by atoms with E-state index in [1.54, 1.807) is 0 Å². The van der Waals surface area contributed by atoms with Crippen LogP contribution in [0.5, 0.6) is 5.75 Å². The molecule has 1 atom stereocenters. The summed E-state index contributed by atoms with van der Waals surface area (Å²) in [7, 11) is 1.35. The monoisotopic (exact) mass is 328 g/mol. The highest BCUT2D eigenvalue weighted by Gasteiger charge is 2.22. The summed E-state index contributed by atoms with van der Waals surface area (Å²) in [5.74, 6) is -0.0621. The van der Waals surface area contributed by atoms with E-state index >= 15 is 0 Å². The molecule has 0 aromatic heterocycles. The number of hydrogen-bond acceptors (Lipinski definition) is 4. The van der Waals surface area contributed by atoms with Crippen LogP contribution in [0.25, 0.3) is 0 Å². The Bertz CT molecular complexity index is 729. The minimum absolute atomic E-state index is 0.125. The predicted molar refractivity (Wildman–Crippen MR) is 91.1 cm³/mol. The maximum absolute atomic E-state index is 12.5. The molecule has 0 bridgehead atoms. The van der Waals surface area contributed by atoms with Crippen molar-refractivity contribution >= 4 is 11.6 Å². The molecule has 6 nitrogen and oxygen atoms in total. The molecule has 2 aromatic carbocycles. The van der Waals surface area contributed by atoms with Gasteiger partial charge in [-0.3, -0.25) is 14.9 Å². The number of methoxy groups -OCH3 is 1. The van der Waals surface area contributed by atoms with Crippen LogP contribution in [0.3, 0.4) is 0 Å². The Labute approximate surface area is 140 Å². The summed E-state index contributed by atoms with van der Waals surface area (Å²) < 4.78 is 4.96. The average molecular weight is 328 g/mol. The molecule has 0 aliphatic carbocycles. The lowest BCUT2D eigenvalue weighted by atomic mass is 9.95. The van der Waals surface area contributed by atoms with Gasteiger partial charge in [0.2, 0.25) is 0 Å². The Morgan fingerprint density at radius 2 is 1.83 bits per heavy atom. The number of nitrogens with one attached hydrogen (secondary N) is 1. The summed E-state index contributed by atoms with van der Waals surface area (Å²) in [6, 6.07) is 13.6. The zero-order valence-electron chi connectivity index (χ0n) is 13.9. The molecule has 0 saturated heterocycles. The first kappa shape index (κ1) is 17.5. The van der Waals surface area contributed by atoms with E-state index in [1.807, 2.05) is 44.2 Å². The fraction of sp³-hybridized carbons (Fsp3) is 0.278. The van der Waals surface area contributed by atoms with Gasteiger partial charge in [0.15, 0.2) is 5.75 Å². The van der Waals surface area contributed by atoms with Crippen LogP contribution in [0.2, 0.25) is 0 Å². The second-order valence-electron chi connectivity index (χ2n) is 5.75. The van der Waals surface area contributed by atoms with Crippen molar-refractivity contribution in [2.45, 2.75) is 19.9 Å². The number of carbonyl (C=O) groups is 1. The van der Waals surface area contributed by atoms with Crippen LogP contribution < -0.4 is 10.1 Å². The molecule has 1 N–H and O–H groups in total. The van der Waals surface area contributed by atoms with Gasteiger partial charge in [0.05, 0.1) is 18.1 Å². The fourth-order valence-electron chi connectivity index (χ4n) is 2.49. The lowest BCUT2D eigenvalue weighted by Gasteiger charge is -2.23. The van der Waals surface area contributed by atoms with E-state index < -0.39 is 4.92 Å². The second kappa shape index (κ2) is 7.59. The molecule has 24 heavy (non-hydrogen) atoms. The first-order chi connectivity index (χ1) is 11.4. The Morgan fingerprint density at radius 1 is 1.17 bits per heavy atom. The van der Waals surface area contributed by atoms with Crippen molar-refractivity contribution in [3.05, 3.63) is 69.8 Å². The standard InChI is InChI=1S/C18H20N2O4/c1-12(2)17(13-7-5-4-6-8-13)19-18(21)14-9-10-16(24-3)15(11-14)20(22)23/h4-12,17H,1-3H3,(H,19,21)/t17-/m0/s1. The summed E-state index contributed by atoms with van der Waals surface area (Å²) in [6.45, 7) is 4.02. The van der Waals surface area contributed by atoms with Crippen molar-refractivity contribution < 1.29 is 14.5 Å². The van der Waals surface area contributed by atoms with E-state index in [2.05, 4.69) is 5.32 Å². The van der Waals surface area contributed by atoms with Crippen molar-refractivity contribution in [2.24, 2.45) is 5.92 Å². The molecule has 0 heterocycles. The first-order valence-corrected chi connectivity index (χ1v) is 7.62. The van der Waals surface area contributed by atoms with Crippen LogP contribution in [0, 0.1) is 16.0 Å². The van der Waals surface area contributed by atoms with Crippen molar-refractivity contribution in [2.75, 3.05) is 7.11 Å². The average Bonchev–Trinajstić information content (AvgIpc) is 2.59. The normalized spacial score (nSPS) is 11.8. The number of nitrogens with zero attached hydrogens (tertiary/aromatic N) is 1. The van der Waals surface area contributed by atoms with E-state index in [0.29, 0.717) is 0 Å². The SMILES string of the molecule is COc1ccc(C(=O)N[C@H](c2ccccc2)C(C)C)cc1[N+](=O)[O-]. The number of benzene rings is 2. The Balaban J connectivity index is 2.28. The van der Waals surface area contributed by atoms with Gasteiger partial charge in [0.25, 0.3) is 5.91 Å². The highest BCUT2D eigenvalue weighted by Crippen LogP contribution is 2.28. The van der Waals surface area contributed by atoms with Crippen molar-refractivity contribution in [3.8, 4) is 5.75 Å². The molecule has 2 aromatic rings. The molecule has 6 heteroatoms. The smallest absolute Gasteiger partial charge is 0.311 e. The summed E-state index contributed by atoms with van der Waals surface area (Å²) in [5, 5.41) is 14.1. The molecule has 0 aliphatic heterocycles. The first-order valence-electron chi connectivity index (χ1n) is 7.62. The van der Waals surface area contributed by atoms with E-state index in [1.165, 1.54) is 25.3 Å². The number of amides is 1. The number of nitro groups is 1. The van der Waals surface area contributed by atoms with Crippen LogP contribution in [0.4, 0.5) is 5.69 Å². The maximum Gasteiger partial charge on any atom is 0.311 e. The van der Waals surface area contributed by atoms with E-state index in [-0.39, 0.29) is 34.9 Å². The lowest BCUT2D eigenvalue weighted by molar-refractivity contribution is -0.385. The molecule has 0 radical (unpaired) electrons. The summed E-state index contributed by atoms with van der Waals surface area (Å²) in [6.07, 6.45) is 0. The van der Waals surface area contributed by atoms with Crippen LogP contribution in [-0.4, -0.2) is 17.9 Å². The van der Waals surface area contributed by atoms with Crippen LogP contribution >= 0.6 is 0 Å². The minimum atomic E-state index is -0.563. The molecule has 126 valence electrons. The largest absolute Gasteiger partial charge is 0.490 e. The summed E-state index contributed by atoms with van der Waals surface area (Å²) in [5.41, 5.74) is 0.985. The van der Waals surface area contributed by atoms with Gasteiger partial charge < -0.3 is 10.1 Å². The molecule has 0 aliphatic rings. The van der Waals surface area contributed by atoms with E-state index in [9.17, 15) is 14.9 Å². The molecule has 2 rings (SSSR count). The molecule has 0 unspecified atom stereocenters. The third-order valence-corrected chi connectivity index (χ3v) is 3.75. The number of hydrogen-bond donors (Lipinski definition) is 1. The third kappa shape index (κ3) is 3.90. The summed E-state index contributed by atoms with van der Waals surface area (Å²) in [4.78, 5) is 23.1. The number of ether oxygens (including phenoxy) is 1. The van der Waals surface area contributed by atoms with Gasteiger partial charge in [0, 0.05) is 11.6 Å². The number of carbonyl (C=O) groups excluding carboxylic acids is 1. The number of nitro benzene ring substituents is 1. The van der Waals surface area contributed by atoms with Crippen molar-refractivity contribution in [1.29, 1.82) is 0 Å². The van der Waals surface area contributed by atoms with Crippen LogP contribution in [-0.2, 0) is 0 Å². The van der Waals surface area contributed by atoms with Crippen molar-refractivity contribution in [1.82, 2.24) is 5.32 Å². The Hall–Kier alpha value is -2.89. The zero-order chi connectivity index (χ0) is 17.7. The highest BCUT2D eigenvalue weighted by molar-refractivity contribution is 5.95. The molecule has 0 spiro atoms. The molecular weight excluding hydrogens is 308 g/mol. The minimum Gasteiger partial charge on any atom is -0.490 e. The van der Waals surface area contributed by atoms with Gasteiger partial charge in [-0.25, -0.2) is 0 Å². The van der Waals surface area contributed by atoms with Crippen LogP contribution in [0.15, 0.2) is 48.5 Å². The van der Waals surface area contributed by atoms with Gasteiger partial charge in [-0.05, 0) is 23.6 Å². The van der Waals surface area contributed by atoms with Crippen LogP contribution in [0.1, 0.15) is 35.8 Å². The van der Waals surface area contributed by atoms with Gasteiger partial charge >= 0.3 is 5.69 Å². The quantitative estimate of drug-likeness (QED) is 0.647. The van der Waals surface area contributed by atoms with Gasteiger partial charge in [-0.1, -0.05) is 44.2 Å². The third-order valence-electron chi connectivity index (χ3n) is 3.75. The van der Waals surface area contributed by atoms with E-state index in [4.69, 9.17) is 4.74 Å². The van der Waals surface area contributed by atoms with Gasteiger partial charge in [0.1, 0.15) is 0 Å². The number of rotatable bonds is 6.